The van der Waals surface area contributed by atoms with E-state index < -0.39 is 11.7 Å². The summed E-state index contributed by atoms with van der Waals surface area (Å²) in [5, 5.41) is 3.32. The molecule has 0 amide bonds. The quantitative estimate of drug-likeness (QED) is 0.848. The zero-order valence-electron chi connectivity index (χ0n) is 15.5. The number of aromatic nitrogens is 1. The first-order valence-corrected chi connectivity index (χ1v) is 9.44. The Hall–Kier alpha value is -2.32. The highest BCUT2D eigenvalue weighted by molar-refractivity contribution is 5.41. The van der Waals surface area contributed by atoms with Crippen LogP contribution in [0.5, 0.6) is 5.75 Å². The number of pyridine rings is 1. The second-order valence-corrected chi connectivity index (χ2v) is 7.22. The summed E-state index contributed by atoms with van der Waals surface area (Å²) in [5.74, 6) is 1.71. The van der Waals surface area contributed by atoms with E-state index in [1.807, 2.05) is 12.1 Å². The van der Waals surface area contributed by atoms with E-state index in [0.29, 0.717) is 6.54 Å². The van der Waals surface area contributed by atoms with Crippen LogP contribution in [0.4, 0.5) is 19.0 Å². The summed E-state index contributed by atoms with van der Waals surface area (Å²) >= 11 is 0. The molecule has 0 spiro atoms. The van der Waals surface area contributed by atoms with Gasteiger partial charge in [-0.2, -0.15) is 13.2 Å². The highest BCUT2D eigenvalue weighted by Gasteiger charge is 2.31. The fourth-order valence-corrected chi connectivity index (χ4v) is 3.50. The Morgan fingerprint density at radius 3 is 2.36 bits per heavy atom. The molecule has 2 fully saturated rings. The number of hydrogen-bond donors (Lipinski definition) is 1. The molecule has 0 saturated carbocycles. The predicted molar refractivity (Wildman–Crippen MR) is 100 cm³/mol. The number of likely N-dealkylation sites (tertiary alicyclic amines) is 1. The van der Waals surface area contributed by atoms with Gasteiger partial charge in [-0.1, -0.05) is 12.1 Å². The van der Waals surface area contributed by atoms with E-state index in [1.165, 1.54) is 12.1 Å². The molecule has 150 valence electrons. The first-order chi connectivity index (χ1) is 13.5. The van der Waals surface area contributed by atoms with E-state index >= 15 is 0 Å². The molecule has 0 aliphatic carbocycles. The van der Waals surface area contributed by atoms with Crippen molar-refractivity contribution in [1.82, 2.24) is 15.2 Å². The molecule has 4 rings (SSSR count). The van der Waals surface area contributed by atoms with E-state index in [-0.39, 0.29) is 6.10 Å². The zero-order chi connectivity index (χ0) is 19.6. The van der Waals surface area contributed by atoms with Gasteiger partial charge in [0.1, 0.15) is 17.7 Å². The van der Waals surface area contributed by atoms with Gasteiger partial charge in [-0.3, -0.25) is 4.90 Å². The minimum absolute atomic E-state index is 0.0845. The number of alkyl halides is 3. The third kappa shape index (κ3) is 4.56. The molecule has 3 heterocycles. The van der Waals surface area contributed by atoms with E-state index in [9.17, 15) is 13.2 Å². The first kappa shape index (κ1) is 19.0. The van der Waals surface area contributed by atoms with Gasteiger partial charge >= 0.3 is 6.18 Å². The predicted octanol–water partition coefficient (Wildman–Crippen LogP) is 2.77. The highest BCUT2D eigenvalue weighted by atomic mass is 19.4. The number of hydrogen-bond acceptors (Lipinski definition) is 5. The molecule has 0 unspecified atom stereocenters. The molecule has 1 aromatic carbocycles. The molecular formula is C20H23F3N4O. The van der Waals surface area contributed by atoms with Crippen LogP contribution in [0.25, 0.3) is 0 Å². The van der Waals surface area contributed by atoms with Gasteiger partial charge in [0.2, 0.25) is 0 Å². The van der Waals surface area contributed by atoms with Crippen LogP contribution in [-0.4, -0.2) is 55.3 Å². The topological polar surface area (TPSA) is 40.6 Å². The second-order valence-electron chi connectivity index (χ2n) is 7.22. The van der Waals surface area contributed by atoms with Crippen LogP contribution in [0.15, 0.2) is 42.6 Å². The maximum atomic E-state index is 12.6. The summed E-state index contributed by atoms with van der Waals surface area (Å²) in [5.41, 5.74) is 0.256. The lowest BCUT2D eigenvalue weighted by Crippen LogP contribution is -2.53. The van der Waals surface area contributed by atoms with Crippen LogP contribution in [-0.2, 0) is 12.7 Å². The lowest BCUT2D eigenvalue weighted by atomic mass is 10.1. The summed E-state index contributed by atoms with van der Waals surface area (Å²) in [7, 11) is 0. The number of piperazine rings is 1. The smallest absolute Gasteiger partial charge is 0.416 e. The van der Waals surface area contributed by atoms with Crippen LogP contribution in [0.2, 0.25) is 0 Å². The maximum Gasteiger partial charge on any atom is 0.416 e. The molecule has 5 nitrogen and oxygen atoms in total. The van der Waals surface area contributed by atoms with Gasteiger partial charge in [0, 0.05) is 45.8 Å². The number of rotatable bonds is 5. The SMILES string of the molecule is FC(F)(F)c1ccc(CN2CC(Oc3ccc(N4CCNCC4)nc3)C2)cc1. The van der Waals surface area contributed by atoms with Gasteiger partial charge < -0.3 is 15.0 Å². The van der Waals surface area contributed by atoms with Crippen molar-refractivity contribution >= 4 is 5.82 Å². The van der Waals surface area contributed by atoms with Gasteiger partial charge in [0.25, 0.3) is 0 Å². The summed E-state index contributed by atoms with van der Waals surface area (Å²) in [6, 6.07) is 9.27. The Labute approximate surface area is 162 Å². The molecule has 28 heavy (non-hydrogen) atoms. The fourth-order valence-electron chi connectivity index (χ4n) is 3.50. The van der Waals surface area contributed by atoms with Crippen molar-refractivity contribution in [3.8, 4) is 5.75 Å². The number of nitrogens with one attached hydrogen (secondary N) is 1. The number of benzene rings is 1. The molecule has 2 saturated heterocycles. The highest BCUT2D eigenvalue weighted by Crippen LogP contribution is 2.29. The minimum atomic E-state index is -4.29. The van der Waals surface area contributed by atoms with Gasteiger partial charge in [-0.05, 0) is 29.8 Å². The summed E-state index contributed by atoms with van der Waals surface area (Å²) in [6.07, 6.45) is -2.44. The minimum Gasteiger partial charge on any atom is -0.486 e. The van der Waals surface area contributed by atoms with E-state index in [2.05, 4.69) is 20.1 Å². The average Bonchev–Trinajstić information content (AvgIpc) is 2.67. The van der Waals surface area contributed by atoms with Crippen LogP contribution < -0.4 is 15.0 Å². The first-order valence-electron chi connectivity index (χ1n) is 9.44. The summed E-state index contributed by atoms with van der Waals surface area (Å²) in [6.45, 7) is 5.97. The van der Waals surface area contributed by atoms with Gasteiger partial charge in [-0.15, -0.1) is 0 Å². The van der Waals surface area contributed by atoms with Crippen LogP contribution in [0.1, 0.15) is 11.1 Å². The maximum absolute atomic E-state index is 12.6. The molecule has 1 aromatic heterocycles. The molecule has 0 atom stereocenters. The summed E-state index contributed by atoms with van der Waals surface area (Å²) in [4.78, 5) is 8.89. The number of anilines is 1. The van der Waals surface area contributed by atoms with Crippen molar-refractivity contribution in [3.05, 3.63) is 53.7 Å². The van der Waals surface area contributed by atoms with Crippen LogP contribution in [0.3, 0.4) is 0 Å². The molecule has 2 aliphatic heterocycles. The van der Waals surface area contributed by atoms with Gasteiger partial charge in [0.05, 0.1) is 11.8 Å². The fraction of sp³-hybridized carbons (Fsp3) is 0.450. The van der Waals surface area contributed by atoms with Crippen LogP contribution in [0, 0.1) is 0 Å². The average molecular weight is 392 g/mol. The van der Waals surface area contributed by atoms with Gasteiger partial charge in [-0.25, -0.2) is 4.98 Å². The lowest BCUT2D eigenvalue weighted by molar-refractivity contribution is -0.137. The van der Waals surface area contributed by atoms with Crippen molar-refractivity contribution < 1.29 is 17.9 Å². The third-order valence-corrected chi connectivity index (χ3v) is 5.08. The number of halogens is 3. The molecule has 0 radical (unpaired) electrons. The molecular weight excluding hydrogens is 369 g/mol. The van der Waals surface area contributed by atoms with E-state index in [1.54, 1.807) is 6.20 Å². The standard InChI is InChI=1S/C20H23F3N4O/c21-20(22,23)16-3-1-15(2-4-16)12-26-13-18(14-26)28-17-5-6-19(25-11-17)27-9-7-24-8-10-27/h1-6,11,18,24H,7-10,12-14H2. The lowest BCUT2D eigenvalue weighted by Gasteiger charge is -2.39. The zero-order valence-corrected chi connectivity index (χ0v) is 15.5. The van der Waals surface area contributed by atoms with E-state index in [0.717, 1.165) is 68.5 Å². The molecule has 2 aromatic rings. The Kier molecular flexibility index (Phi) is 5.41. The largest absolute Gasteiger partial charge is 0.486 e. The van der Waals surface area contributed by atoms with Gasteiger partial charge in [0.15, 0.2) is 0 Å². The molecule has 0 bridgehead atoms. The van der Waals surface area contributed by atoms with Crippen molar-refractivity contribution in [2.24, 2.45) is 0 Å². The van der Waals surface area contributed by atoms with Crippen LogP contribution >= 0.6 is 0 Å². The summed E-state index contributed by atoms with van der Waals surface area (Å²) < 4.78 is 43.8. The molecule has 8 heteroatoms. The Morgan fingerprint density at radius 1 is 1.04 bits per heavy atom. The Bertz CT molecular complexity index is 768. The number of ether oxygens (including phenoxy) is 1. The number of nitrogens with zero attached hydrogens (tertiary/aromatic N) is 3. The second kappa shape index (κ2) is 7.97. The van der Waals surface area contributed by atoms with Crippen molar-refractivity contribution in [1.29, 1.82) is 0 Å². The monoisotopic (exact) mass is 392 g/mol. The van der Waals surface area contributed by atoms with Crippen molar-refractivity contribution in [2.75, 3.05) is 44.2 Å². The molecule has 2 aliphatic rings. The van der Waals surface area contributed by atoms with Crippen molar-refractivity contribution in [2.45, 2.75) is 18.8 Å². The third-order valence-electron chi connectivity index (χ3n) is 5.08. The van der Waals surface area contributed by atoms with Crippen molar-refractivity contribution in [3.63, 3.8) is 0 Å². The van der Waals surface area contributed by atoms with E-state index in [4.69, 9.17) is 4.74 Å². The molecule has 1 N–H and O–H groups in total. The Morgan fingerprint density at radius 2 is 1.75 bits per heavy atom. The Balaban J connectivity index is 1.23. The normalized spacial score (nSPS) is 18.8.